The third-order valence-corrected chi connectivity index (χ3v) is 3.91. The molecule has 2 aromatic carbocycles. The van der Waals surface area contributed by atoms with Crippen LogP contribution in [0.2, 0.25) is 0 Å². The van der Waals surface area contributed by atoms with Crippen LogP contribution in [0.5, 0.6) is 0 Å². The highest BCUT2D eigenvalue weighted by Crippen LogP contribution is 2.23. The van der Waals surface area contributed by atoms with Gasteiger partial charge in [-0.2, -0.15) is 0 Å². The maximum absolute atomic E-state index is 4.81. The second kappa shape index (κ2) is 7.19. The molecule has 3 aromatic rings. The zero-order chi connectivity index (χ0) is 16.1. The lowest BCUT2D eigenvalue weighted by Gasteiger charge is -2.09. The van der Waals surface area contributed by atoms with Crippen molar-refractivity contribution in [2.24, 2.45) is 0 Å². The minimum absolute atomic E-state index is 0.815. The minimum Gasteiger partial charge on any atom is -0.233 e. The topological polar surface area (TPSA) is 25.8 Å². The zero-order valence-electron chi connectivity index (χ0n) is 13.8. The molecule has 116 valence electrons. The third kappa shape index (κ3) is 3.84. The number of nitrogens with zero attached hydrogens (tertiary/aromatic N) is 2. The van der Waals surface area contributed by atoms with E-state index in [1.807, 2.05) is 18.2 Å². The Labute approximate surface area is 138 Å². The van der Waals surface area contributed by atoms with E-state index in [9.17, 15) is 0 Å². The van der Waals surface area contributed by atoms with Crippen LogP contribution in [0.3, 0.4) is 0 Å². The summed E-state index contributed by atoms with van der Waals surface area (Å²) in [6.07, 6.45) is 3.32. The van der Waals surface area contributed by atoms with Gasteiger partial charge in [-0.05, 0) is 31.9 Å². The van der Waals surface area contributed by atoms with Crippen molar-refractivity contribution in [3.05, 3.63) is 71.9 Å². The van der Waals surface area contributed by atoms with E-state index in [2.05, 4.69) is 56.3 Å². The van der Waals surface area contributed by atoms with Crippen molar-refractivity contribution in [2.45, 2.75) is 33.1 Å². The third-order valence-electron chi connectivity index (χ3n) is 3.91. The van der Waals surface area contributed by atoms with Crippen molar-refractivity contribution in [3.63, 3.8) is 0 Å². The van der Waals surface area contributed by atoms with Gasteiger partial charge in [-0.25, -0.2) is 9.97 Å². The first-order valence-electron chi connectivity index (χ1n) is 8.26. The molecule has 23 heavy (non-hydrogen) atoms. The molecule has 0 unspecified atom stereocenters. The molecule has 0 saturated heterocycles. The quantitative estimate of drug-likeness (QED) is 0.625. The summed E-state index contributed by atoms with van der Waals surface area (Å²) in [5, 5.41) is 0. The lowest BCUT2D eigenvalue weighted by molar-refractivity contribution is 0.775. The highest BCUT2D eigenvalue weighted by molar-refractivity contribution is 5.64. The predicted molar refractivity (Wildman–Crippen MR) is 96.3 cm³/mol. The SMILES string of the molecule is CCCCc1cc(-c2cccc(C)c2)nc(-c2ccccc2)n1. The Morgan fingerprint density at radius 2 is 1.61 bits per heavy atom. The van der Waals surface area contributed by atoms with Crippen LogP contribution >= 0.6 is 0 Å². The molecule has 0 fully saturated rings. The summed E-state index contributed by atoms with van der Waals surface area (Å²) in [6, 6.07) is 20.9. The van der Waals surface area contributed by atoms with Crippen LogP contribution in [0.15, 0.2) is 60.7 Å². The first kappa shape index (κ1) is 15.4. The second-order valence-corrected chi connectivity index (χ2v) is 5.91. The summed E-state index contributed by atoms with van der Waals surface area (Å²) in [4.78, 5) is 9.59. The lowest BCUT2D eigenvalue weighted by atomic mass is 10.1. The number of aromatic nitrogens is 2. The molecular formula is C21H22N2. The van der Waals surface area contributed by atoms with Gasteiger partial charge in [0.2, 0.25) is 0 Å². The van der Waals surface area contributed by atoms with Crippen LogP contribution in [0.25, 0.3) is 22.6 Å². The summed E-state index contributed by atoms with van der Waals surface area (Å²) in [6.45, 7) is 4.32. The van der Waals surface area contributed by atoms with Crippen molar-refractivity contribution < 1.29 is 0 Å². The van der Waals surface area contributed by atoms with Crippen molar-refractivity contribution in [3.8, 4) is 22.6 Å². The number of unbranched alkanes of at least 4 members (excludes halogenated alkanes) is 1. The highest BCUT2D eigenvalue weighted by Gasteiger charge is 2.08. The number of benzene rings is 2. The van der Waals surface area contributed by atoms with Gasteiger partial charge in [-0.15, -0.1) is 0 Å². The molecule has 0 aliphatic carbocycles. The lowest BCUT2D eigenvalue weighted by Crippen LogP contribution is -1.98. The fourth-order valence-corrected chi connectivity index (χ4v) is 2.65. The van der Waals surface area contributed by atoms with Gasteiger partial charge in [0.05, 0.1) is 5.69 Å². The standard InChI is InChI=1S/C21H22N2/c1-3-4-13-19-15-20(18-12-8-9-16(2)14-18)23-21(22-19)17-10-6-5-7-11-17/h5-12,14-15H,3-4,13H2,1-2H3. The molecule has 0 spiro atoms. The van der Waals surface area contributed by atoms with Gasteiger partial charge in [-0.3, -0.25) is 0 Å². The molecule has 0 aliphatic rings. The molecule has 0 bridgehead atoms. The molecule has 0 saturated carbocycles. The van der Waals surface area contributed by atoms with Gasteiger partial charge in [-0.1, -0.05) is 67.4 Å². The van der Waals surface area contributed by atoms with E-state index < -0.39 is 0 Å². The first-order chi connectivity index (χ1) is 11.3. The van der Waals surface area contributed by atoms with Crippen LogP contribution < -0.4 is 0 Å². The molecule has 0 atom stereocenters. The molecule has 0 radical (unpaired) electrons. The fourth-order valence-electron chi connectivity index (χ4n) is 2.65. The van der Waals surface area contributed by atoms with Crippen LogP contribution in [0.4, 0.5) is 0 Å². The average molecular weight is 302 g/mol. The van der Waals surface area contributed by atoms with Gasteiger partial charge < -0.3 is 0 Å². The van der Waals surface area contributed by atoms with Crippen molar-refractivity contribution in [1.82, 2.24) is 9.97 Å². The van der Waals surface area contributed by atoms with E-state index in [0.717, 1.165) is 41.2 Å². The van der Waals surface area contributed by atoms with Gasteiger partial charge >= 0.3 is 0 Å². The summed E-state index contributed by atoms with van der Waals surface area (Å²) in [5.41, 5.74) is 5.60. The van der Waals surface area contributed by atoms with Crippen LogP contribution in [0.1, 0.15) is 31.0 Å². The Bertz CT molecular complexity index is 779. The monoisotopic (exact) mass is 302 g/mol. The smallest absolute Gasteiger partial charge is 0.160 e. The molecule has 2 nitrogen and oxygen atoms in total. The molecule has 1 aromatic heterocycles. The Kier molecular flexibility index (Phi) is 4.82. The normalized spacial score (nSPS) is 10.7. The molecule has 0 N–H and O–H groups in total. The Morgan fingerprint density at radius 3 is 2.35 bits per heavy atom. The molecular weight excluding hydrogens is 280 g/mol. The van der Waals surface area contributed by atoms with E-state index in [-0.39, 0.29) is 0 Å². The van der Waals surface area contributed by atoms with Crippen molar-refractivity contribution >= 4 is 0 Å². The van der Waals surface area contributed by atoms with E-state index in [1.165, 1.54) is 12.0 Å². The number of aryl methyl sites for hydroxylation is 2. The first-order valence-corrected chi connectivity index (χ1v) is 8.26. The van der Waals surface area contributed by atoms with Crippen LogP contribution in [-0.4, -0.2) is 9.97 Å². The van der Waals surface area contributed by atoms with Crippen LogP contribution in [-0.2, 0) is 6.42 Å². The van der Waals surface area contributed by atoms with E-state index in [1.54, 1.807) is 0 Å². The van der Waals surface area contributed by atoms with Crippen LogP contribution in [0, 0.1) is 6.92 Å². The fraction of sp³-hybridized carbons (Fsp3) is 0.238. The maximum atomic E-state index is 4.81. The molecule has 3 rings (SSSR count). The summed E-state index contributed by atoms with van der Waals surface area (Å²) < 4.78 is 0. The largest absolute Gasteiger partial charge is 0.233 e. The number of hydrogen-bond donors (Lipinski definition) is 0. The molecule has 2 heteroatoms. The second-order valence-electron chi connectivity index (χ2n) is 5.91. The number of hydrogen-bond acceptors (Lipinski definition) is 2. The summed E-state index contributed by atoms with van der Waals surface area (Å²) in [5.74, 6) is 0.815. The minimum atomic E-state index is 0.815. The van der Waals surface area contributed by atoms with Crippen molar-refractivity contribution in [2.75, 3.05) is 0 Å². The van der Waals surface area contributed by atoms with Gasteiger partial charge in [0.15, 0.2) is 5.82 Å². The van der Waals surface area contributed by atoms with E-state index >= 15 is 0 Å². The Hall–Kier alpha value is -2.48. The van der Waals surface area contributed by atoms with Gasteiger partial charge in [0, 0.05) is 16.8 Å². The van der Waals surface area contributed by atoms with E-state index in [0.29, 0.717) is 0 Å². The van der Waals surface area contributed by atoms with Gasteiger partial charge in [0.25, 0.3) is 0 Å². The molecule has 1 heterocycles. The summed E-state index contributed by atoms with van der Waals surface area (Å²) >= 11 is 0. The van der Waals surface area contributed by atoms with Crippen molar-refractivity contribution in [1.29, 1.82) is 0 Å². The van der Waals surface area contributed by atoms with Gasteiger partial charge in [0.1, 0.15) is 0 Å². The Balaban J connectivity index is 2.08. The number of rotatable bonds is 5. The Morgan fingerprint density at radius 1 is 0.826 bits per heavy atom. The molecule has 0 amide bonds. The van der Waals surface area contributed by atoms with E-state index in [4.69, 9.17) is 9.97 Å². The highest BCUT2D eigenvalue weighted by atomic mass is 14.9. The summed E-state index contributed by atoms with van der Waals surface area (Å²) in [7, 11) is 0. The average Bonchev–Trinajstić information content (AvgIpc) is 2.60. The predicted octanol–water partition coefficient (Wildman–Crippen LogP) is 5.46. The maximum Gasteiger partial charge on any atom is 0.160 e. The zero-order valence-corrected chi connectivity index (χ0v) is 13.8. The molecule has 0 aliphatic heterocycles.